The second kappa shape index (κ2) is 12.9. The average Bonchev–Trinajstić information content (AvgIpc) is 2.35. The molecule has 0 aliphatic carbocycles. The summed E-state index contributed by atoms with van der Waals surface area (Å²) in [6.45, 7) is -0.407. The highest BCUT2D eigenvalue weighted by Crippen LogP contribution is 2.25. The average molecular weight is 366 g/mol. The molecule has 0 saturated carbocycles. The highest BCUT2D eigenvalue weighted by molar-refractivity contribution is 4.96. The van der Waals surface area contributed by atoms with Gasteiger partial charge in [0.05, 0.1) is 6.08 Å². The predicted molar refractivity (Wildman–Crippen MR) is 63.0 cm³/mol. The molecule has 0 radical (unpaired) electrons. The summed E-state index contributed by atoms with van der Waals surface area (Å²) >= 11 is 0. The van der Waals surface area contributed by atoms with Gasteiger partial charge in [0.2, 0.25) is 0 Å². The fourth-order valence-corrected chi connectivity index (χ4v) is 0.527. The SMILES string of the molecule is CC(F)=CC(F)(F)F.CC=C(F)C(F)(F)F.FCC=C(F)CF. The van der Waals surface area contributed by atoms with Gasteiger partial charge in [0.25, 0.3) is 0 Å². The number of alkyl halides is 8. The first-order valence-electron chi connectivity index (χ1n) is 5.48. The summed E-state index contributed by atoms with van der Waals surface area (Å²) in [5, 5.41) is 0. The van der Waals surface area contributed by atoms with Crippen LogP contribution in [0.4, 0.5) is 48.3 Å². The molecule has 0 aromatic heterocycles. The summed E-state index contributed by atoms with van der Waals surface area (Å²) in [5.74, 6) is -4.31. The van der Waals surface area contributed by atoms with Crippen LogP contribution in [0.5, 0.6) is 0 Å². The lowest BCUT2D eigenvalue weighted by atomic mass is 10.5. The number of allylic oxidation sites excluding steroid dienone is 6. The van der Waals surface area contributed by atoms with E-state index in [1.54, 1.807) is 0 Å². The summed E-state index contributed by atoms with van der Waals surface area (Å²) in [7, 11) is 0. The number of rotatable bonds is 2. The summed E-state index contributed by atoms with van der Waals surface area (Å²) in [6, 6.07) is 0. The lowest BCUT2D eigenvalue weighted by Crippen LogP contribution is -2.06. The molecule has 0 heterocycles. The van der Waals surface area contributed by atoms with Gasteiger partial charge in [0.15, 0.2) is 5.83 Å². The standard InChI is InChI=1S/2C4H4F4.C4H5F3/c1-3(5)2-4(6,7)8;1-2-3(5)4(6,7)8;5-2-1-4(7)3-6/h2*2H,1H3;1H,2-3H2. The van der Waals surface area contributed by atoms with Gasteiger partial charge in [-0.05, 0) is 26.0 Å². The van der Waals surface area contributed by atoms with Gasteiger partial charge in [-0.25, -0.2) is 22.0 Å². The predicted octanol–water partition coefficient (Wildman–Crippen LogP) is 6.62. The Morgan fingerprint density at radius 3 is 1.39 bits per heavy atom. The molecule has 0 aliphatic rings. The highest BCUT2D eigenvalue weighted by atomic mass is 19.4. The van der Waals surface area contributed by atoms with Crippen LogP contribution in [-0.2, 0) is 0 Å². The third kappa shape index (κ3) is 25.7. The second-order valence-electron chi connectivity index (χ2n) is 3.35. The van der Waals surface area contributed by atoms with Crippen molar-refractivity contribution in [1.82, 2.24) is 0 Å². The molecule has 0 aliphatic heterocycles. The zero-order valence-corrected chi connectivity index (χ0v) is 11.8. The van der Waals surface area contributed by atoms with Crippen LogP contribution < -0.4 is 0 Å². The molecule has 138 valence electrons. The van der Waals surface area contributed by atoms with Crippen LogP contribution in [0.25, 0.3) is 0 Å². The van der Waals surface area contributed by atoms with Gasteiger partial charge in [0.1, 0.15) is 25.0 Å². The van der Waals surface area contributed by atoms with E-state index in [1.807, 2.05) is 0 Å². The summed E-state index contributed by atoms with van der Waals surface area (Å²) in [5.41, 5.74) is 0. The molecule has 0 saturated heterocycles. The van der Waals surface area contributed by atoms with E-state index < -0.39 is 49.3 Å². The lowest BCUT2D eigenvalue weighted by molar-refractivity contribution is -0.108. The minimum absolute atomic E-state index is 0.375. The van der Waals surface area contributed by atoms with Gasteiger partial charge in [-0.15, -0.1) is 0 Å². The molecule has 0 aromatic carbocycles. The van der Waals surface area contributed by atoms with Gasteiger partial charge in [-0.2, -0.15) is 26.3 Å². The fraction of sp³-hybridized carbons (Fsp3) is 0.500. The Morgan fingerprint density at radius 2 is 1.35 bits per heavy atom. The van der Waals surface area contributed by atoms with E-state index in [0.29, 0.717) is 12.2 Å². The van der Waals surface area contributed by atoms with Crippen LogP contribution in [0.2, 0.25) is 0 Å². The molecule has 0 unspecified atom stereocenters. The maximum atomic E-state index is 11.4. The van der Waals surface area contributed by atoms with Gasteiger partial charge < -0.3 is 0 Å². The Morgan fingerprint density at radius 1 is 0.913 bits per heavy atom. The zero-order chi connectivity index (χ0) is 19.3. The smallest absolute Gasteiger partial charge is 0.246 e. The van der Waals surface area contributed by atoms with Crippen molar-refractivity contribution in [3.05, 3.63) is 35.7 Å². The Balaban J connectivity index is -0.000000262. The monoisotopic (exact) mass is 366 g/mol. The van der Waals surface area contributed by atoms with Gasteiger partial charge in [-0.3, -0.25) is 0 Å². The molecule has 0 rings (SSSR count). The van der Waals surface area contributed by atoms with E-state index in [1.165, 1.54) is 0 Å². The van der Waals surface area contributed by atoms with E-state index in [2.05, 4.69) is 0 Å². The van der Waals surface area contributed by atoms with Crippen LogP contribution in [0.3, 0.4) is 0 Å². The summed E-state index contributed by atoms with van der Waals surface area (Å²) < 4.78 is 122. The Labute approximate surface area is 125 Å². The fourth-order valence-electron chi connectivity index (χ4n) is 0.527. The van der Waals surface area contributed by atoms with Crippen LogP contribution >= 0.6 is 0 Å². The minimum atomic E-state index is -4.80. The minimum Gasteiger partial charge on any atom is -0.246 e. The van der Waals surface area contributed by atoms with Gasteiger partial charge in [-0.1, -0.05) is 0 Å². The van der Waals surface area contributed by atoms with Crippen molar-refractivity contribution in [2.45, 2.75) is 26.2 Å². The molecular weight excluding hydrogens is 353 g/mol. The third-order valence-electron chi connectivity index (χ3n) is 1.31. The highest BCUT2D eigenvalue weighted by Gasteiger charge is 2.33. The first kappa shape index (κ1) is 26.4. The molecule has 0 aromatic rings. The van der Waals surface area contributed by atoms with Crippen LogP contribution in [-0.4, -0.2) is 25.7 Å². The van der Waals surface area contributed by atoms with Crippen molar-refractivity contribution in [2.24, 2.45) is 0 Å². The van der Waals surface area contributed by atoms with Crippen LogP contribution in [0, 0.1) is 0 Å². The number of hydrogen-bond acceptors (Lipinski definition) is 0. The van der Waals surface area contributed by atoms with E-state index in [0.717, 1.165) is 13.8 Å². The molecule has 23 heavy (non-hydrogen) atoms. The van der Waals surface area contributed by atoms with E-state index in [4.69, 9.17) is 0 Å². The van der Waals surface area contributed by atoms with E-state index >= 15 is 0 Å². The Hall–Kier alpha value is -1.55. The van der Waals surface area contributed by atoms with Crippen molar-refractivity contribution in [3.8, 4) is 0 Å². The van der Waals surface area contributed by atoms with Crippen molar-refractivity contribution in [1.29, 1.82) is 0 Å². The second-order valence-corrected chi connectivity index (χ2v) is 3.35. The molecule has 0 fully saturated rings. The lowest BCUT2D eigenvalue weighted by Gasteiger charge is -1.99. The molecule has 0 atom stereocenters. The molecule has 0 amide bonds. The molecule has 0 nitrogen and oxygen atoms in total. The third-order valence-corrected chi connectivity index (χ3v) is 1.31. The van der Waals surface area contributed by atoms with Crippen LogP contribution in [0.1, 0.15) is 13.8 Å². The van der Waals surface area contributed by atoms with Crippen molar-refractivity contribution in [3.63, 3.8) is 0 Å². The Bertz CT molecular complexity index is 381. The molecule has 0 N–H and O–H groups in total. The van der Waals surface area contributed by atoms with Gasteiger partial charge >= 0.3 is 12.4 Å². The number of halogens is 11. The molecule has 0 spiro atoms. The summed E-state index contributed by atoms with van der Waals surface area (Å²) in [4.78, 5) is 0. The topological polar surface area (TPSA) is 0 Å². The maximum Gasteiger partial charge on any atom is 0.442 e. The molecule has 0 bridgehead atoms. The number of hydrogen-bond donors (Lipinski definition) is 0. The maximum absolute atomic E-state index is 11.4. The van der Waals surface area contributed by atoms with E-state index in [-0.39, 0.29) is 0 Å². The van der Waals surface area contributed by atoms with E-state index in [9.17, 15) is 48.3 Å². The Kier molecular flexibility index (Phi) is 14.8. The summed E-state index contributed by atoms with van der Waals surface area (Å²) in [6.07, 6.45) is -8.78. The zero-order valence-electron chi connectivity index (χ0n) is 11.8. The largest absolute Gasteiger partial charge is 0.442 e. The van der Waals surface area contributed by atoms with Crippen LogP contribution in [0.15, 0.2) is 35.7 Å². The first-order chi connectivity index (χ1) is 10.2. The van der Waals surface area contributed by atoms with Crippen molar-refractivity contribution >= 4 is 0 Å². The molecule has 11 heteroatoms. The molecular formula is C12H13F11. The normalized spacial score (nSPS) is 13.7. The van der Waals surface area contributed by atoms with Crippen molar-refractivity contribution < 1.29 is 48.3 Å². The van der Waals surface area contributed by atoms with Crippen molar-refractivity contribution in [2.75, 3.05) is 13.3 Å². The first-order valence-corrected chi connectivity index (χ1v) is 5.48. The van der Waals surface area contributed by atoms with Gasteiger partial charge in [0, 0.05) is 0 Å². The quantitative estimate of drug-likeness (QED) is 0.482.